The summed E-state index contributed by atoms with van der Waals surface area (Å²) in [6.45, 7) is 1.25. The highest BCUT2D eigenvalue weighted by molar-refractivity contribution is 7.18. The van der Waals surface area contributed by atoms with Crippen LogP contribution in [0.5, 0.6) is 5.75 Å². The van der Waals surface area contributed by atoms with E-state index in [-0.39, 0.29) is 21.8 Å². The van der Waals surface area contributed by atoms with E-state index < -0.39 is 17.6 Å². The van der Waals surface area contributed by atoms with Gasteiger partial charge in [-0.15, -0.1) is 11.3 Å². The minimum Gasteiger partial charge on any atom is -0.494 e. The lowest BCUT2D eigenvalue weighted by molar-refractivity contribution is -0.129. The first kappa shape index (κ1) is 24.3. The maximum atomic E-state index is 12.6. The summed E-state index contributed by atoms with van der Waals surface area (Å²) in [5.41, 5.74) is 1.38. The van der Waals surface area contributed by atoms with Gasteiger partial charge >= 0.3 is 0 Å². The van der Waals surface area contributed by atoms with Gasteiger partial charge in [-0.2, -0.15) is 0 Å². The lowest BCUT2D eigenvalue weighted by Crippen LogP contribution is -2.48. The third-order valence-corrected chi connectivity index (χ3v) is 9.80. The Hall–Kier alpha value is -3.00. The average Bonchev–Trinajstić information content (AvgIpc) is 3.30. The zero-order valence-corrected chi connectivity index (χ0v) is 21.7. The number of hydrogen-bond acceptors (Lipinski definition) is 6. The lowest BCUT2D eigenvalue weighted by Gasteiger charge is -2.56. The Kier molecular flexibility index (Phi) is 6.39. The third-order valence-electron chi connectivity index (χ3n) is 8.62. The molecule has 7 rings (SSSR count). The highest BCUT2D eigenvalue weighted by Gasteiger charge is 2.51. The topological polar surface area (TPSA) is 102 Å². The molecule has 5 aliphatic rings. The van der Waals surface area contributed by atoms with Gasteiger partial charge in [0.25, 0.3) is 17.6 Å². The van der Waals surface area contributed by atoms with E-state index in [1.807, 2.05) is 24.3 Å². The second-order valence-corrected chi connectivity index (χ2v) is 12.5. The molecule has 3 amide bonds. The van der Waals surface area contributed by atoms with Crippen LogP contribution in [0, 0.1) is 23.2 Å². The number of ether oxygens (including phenoxy) is 1. The molecule has 1 aliphatic heterocycles. The molecule has 0 radical (unpaired) electrons. The van der Waals surface area contributed by atoms with E-state index in [0.717, 1.165) is 58.1 Å². The molecule has 7 nitrogen and oxygen atoms in total. The van der Waals surface area contributed by atoms with Crippen molar-refractivity contribution in [3.8, 4) is 16.2 Å². The number of Topliss-reactive ketones (excluding diaryl/α,β-unsaturated/α-hetero) is 1. The molecule has 2 heterocycles. The molecule has 2 aromatic rings. The molecule has 0 atom stereocenters. The van der Waals surface area contributed by atoms with Crippen LogP contribution in [0.2, 0.25) is 0 Å². The van der Waals surface area contributed by atoms with E-state index in [0.29, 0.717) is 19.6 Å². The Labute approximate surface area is 220 Å². The summed E-state index contributed by atoms with van der Waals surface area (Å²) in [4.78, 5) is 49.2. The van der Waals surface area contributed by atoms with Crippen LogP contribution in [-0.2, 0) is 9.59 Å². The number of carbonyl (C=O) groups excluding carboxylic acids is 4. The predicted molar refractivity (Wildman–Crippen MR) is 140 cm³/mol. The number of benzene rings is 1. The van der Waals surface area contributed by atoms with Crippen molar-refractivity contribution in [2.24, 2.45) is 23.2 Å². The number of imide groups is 1. The Morgan fingerprint density at radius 2 is 1.65 bits per heavy atom. The number of ketones is 1. The fraction of sp³-hybridized carbons (Fsp3) is 0.517. The van der Waals surface area contributed by atoms with Gasteiger partial charge in [0.05, 0.1) is 17.0 Å². The van der Waals surface area contributed by atoms with Gasteiger partial charge in [-0.25, -0.2) is 0 Å². The molecule has 4 bridgehead atoms. The first-order valence-electron chi connectivity index (χ1n) is 13.4. The zero-order chi connectivity index (χ0) is 25.6. The average molecular weight is 521 g/mol. The second kappa shape index (κ2) is 9.71. The van der Waals surface area contributed by atoms with E-state index in [2.05, 4.69) is 10.6 Å². The molecular formula is C29H32N2O5S. The Bertz CT molecular complexity index is 1210. The Morgan fingerprint density at radius 1 is 0.973 bits per heavy atom. The maximum absolute atomic E-state index is 12.6. The number of rotatable bonds is 9. The van der Waals surface area contributed by atoms with Crippen molar-refractivity contribution >= 4 is 34.8 Å². The molecule has 0 saturated heterocycles. The van der Waals surface area contributed by atoms with Crippen LogP contribution in [0.4, 0.5) is 0 Å². The smallest absolute Gasteiger partial charge is 0.300 e. The molecule has 4 saturated carbocycles. The van der Waals surface area contributed by atoms with Crippen LogP contribution in [0.1, 0.15) is 77.8 Å². The molecule has 194 valence electrons. The SMILES string of the molecule is O=C(CC12CC3CC(CC(C3)C1)C2)NCCCCOc1ccc(-c2cc3c(s2)C(=O)C(=O)NC3=O)cc1. The summed E-state index contributed by atoms with van der Waals surface area (Å²) in [7, 11) is 0. The fourth-order valence-electron chi connectivity index (χ4n) is 7.47. The third kappa shape index (κ3) is 4.96. The van der Waals surface area contributed by atoms with E-state index in [4.69, 9.17) is 4.74 Å². The standard InChI is InChI=1S/C29H32N2O5S/c32-24(16-29-13-17-9-18(14-29)11-19(10-17)15-29)30-7-1-2-8-36-21-5-3-20(4-6-21)23-12-22-26(37-23)25(33)28(35)31-27(22)34/h3-6,12,17-19H,1-2,7-11,13-16H2,(H,30,32)(H,31,34,35). The highest BCUT2D eigenvalue weighted by Crippen LogP contribution is 2.61. The normalized spacial score (nSPS) is 27.7. The number of carbonyl (C=O) groups is 4. The van der Waals surface area contributed by atoms with Crippen molar-refractivity contribution in [1.82, 2.24) is 10.6 Å². The molecule has 0 unspecified atom stereocenters. The van der Waals surface area contributed by atoms with Crippen molar-refractivity contribution in [2.75, 3.05) is 13.2 Å². The number of fused-ring (bicyclic) bond motifs is 1. The van der Waals surface area contributed by atoms with E-state index in [9.17, 15) is 19.2 Å². The van der Waals surface area contributed by atoms with Gasteiger partial charge in [0.1, 0.15) is 5.75 Å². The quantitative estimate of drug-likeness (QED) is 0.282. The van der Waals surface area contributed by atoms with Crippen LogP contribution in [0.3, 0.4) is 0 Å². The first-order valence-corrected chi connectivity index (χ1v) is 14.2. The number of thiophene rings is 1. The van der Waals surface area contributed by atoms with Gasteiger partial charge in [-0.3, -0.25) is 24.5 Å². The van der Waals surface area contributed by atoms with Crippen LogP contribution in [-0.4, -0.2) is 36.7 Å². The van der Waals surface area contributed by atoms with E-state index in [1.165, 1.54) is 38.5 Å². The molecule has 8 heteroatoms. The van der Waals surface area contributed by atoms with Gasteiger partial charge in [0.2, 0.25) is 5.91 Å². The van der Waals surface area contributed by atoms with Crippen LogP contribution in [0.15, 0.2) is 30.3 Å². The summed E-state index contributed by atoms with van der Waals surface area (Å²) in [5.74, 6) is 1.49. The van der Waals surface area contributed by atoms with Crippen molar-refractivity contribution < 1.29 is 23.9 Å². The lowest BCUT2D eigenvalue weighted by atomic mass is 9.49. The minimum atomic E-state index is -0.878. The summed E-state index contributed by atoms with van der Waals surface area (Å²) in [5, 5.41) is 5.21. The first-order chi connectivity index (χ1) is 17.9. The molecule has 2 N–H and O–H groups in total. The number of hydrogen-bond donors (Lipinski definition) is 2. The zero-order valence-electron chi connectivity index (χ0n) is 20.8. The van der Waals surface area contributed by atoms with Crippen LogP contribution >= 0.6 is 11.3 Å². The molecular weight excluding hydrogens is 488 g/mol. The largest absolute Gasteiger partial charge is 0.494 e. The molecule has 1 aromatic carbocycles. The fourth-order valence-corrected chi connectivity index (χ4v) is 8.57. The monoisotopic (exact) mass is 520 g/mol. The predicted octanol–water partition coefficient (Wildman–Crippen LogP) is 4.75. The minimum absolute atomic E-state index is 0.189. The summed E-state index contributed by atoms with van der Waals surface area (Å²) >= 11 is 1.15. The van der Waals surface area contributed by atoms with Gasteiger partial charge in [0.15, 0.2) is 0 Å². The van der Waals surface area contributed by atoms with Gasteiger partial charge in [-0.1, -0.05) is 0 Å². The number of unbranched alkanes of at least 4 members (excludes halogenated alkanes) is 1. The van der Waals surface area contributed by atoms with Crippen molar-refractivity contribution in [3.05, 3.63) is 40.8 Å². The molecule has 37 heavy (non-hydrogen) atoms. The second-order valence-electron chi connectivity index (χ2n) is 11.5. The Morgan fingerprint density at radius 3 is 2.32 bits per heavy atom. The van der Waals surface area contributed by atoms with Crippen molar-refractivity contribution in [2.45, 2.75) is 57.8 Å². The van der Waals surface area contributed by atoms with Gasteiger partial charge in [0, 0.05) is 17.8 Å². The molecule has 4 aliphatic carbocycles. The van der Waals surface area contributed by atoms with E-state index >= 15 is 0 Å². The molecule has 0 spiro atoms. The summed E-state index contributed by atoms with van der Waals surface area (Å²) < 4.78 is 5.85. The van der Waals surface area contributed by atoms with Crippen LogP contribution in [0.25, 0.3) is 10.4 Å². The number of amides is 3. The van der Waals surface area contributed by atoms with Crippen molar-refractivity contribution in [3.63, 3.8) is 0 Å². The summed E-state index contributed by atoms with van der Waals surface area (Å²) in [6, 6.07) is 9.11. The summed E-state index contributed by atoms with van der Waals surface area (Å²) in [6.07, 6.45) is 10.4. The van der Waals surface area contributed by atoms with Crippen LogP contribution < -0.4 is 15.4 Å². The van der Waals surface area contributed by atoms with Gasteiger partial charge in [-0.05, 0) is 110 Å². The van der Waals surface area contributed by atoms with Crippen molar-refractivity contribution in [1.29, 1.82) is 0 Å². The maximum Gasteiger partial charge on any atom is 0.300 e. The Balaban J connectivity index is 0.925. The van der Waals surface area contributed by atoms with Gasteiger partial charge < -0.3 is 10.1 Å². The highest BCUT2D eigenvalue weighted by atomic mass is 32.1. The molecule has 4 fully saturated rings. The number of nitrogens with one attached hydrogen (secondary N) is 2. The van der Waals surface area contributed by atoms with E-state index in [1.54, 1.807) is 6.07 Å². The molecule has 1 aromatic heterocycles.